The predicted octanol–water partition coefficient (Wildman–Crippen LogP) is 2.53. The largest absolute Gasteiger partial charge is 0.319 e. The third-order valence-electron chi connectivity index (χ3n) is 3.52. The summed E-state index contributed by atoms with van der Waals surface area (Å²) in [7, 11) is 2.02. The summed E-state index contributed by atoms with van der Waals surface area (Å²) in [6.45, 7) is 1.09. The highest BCUT2D eigenvalue weighted by molar-refractivity contribution is 7.08. The first-order chi connectivity index (χ1) is 8.86. The molecule has 94 valence electrons. The fourth-order valence-electron chi connectivity index (χ4n) is 2.58. The molecule has 0 amide bonds. The van der Waals surface area contributed by atoms with Crippen LogP contribution in [0.3, 0.4) is 0 Å². The molecule has 3 rings (SSSR count). The van der Waals surface area contributed by atoms with E-state index in [1.165, 1.54) is 17.7 Å². The second-order valence-electron chi connectivity index (χ2n) is 4.84. The molecule has 1 unspecified atom stereocenters. The lowest BCUT2D eigenvalue weighted by Crippen LogP contribution is -2.25. The lowest BCUT2D eigenvalue weighted by molar-refractivity contribution is 0.434. The normalized spacial score (nSPS) is 18.6. The van der Waals surface area contributed by atoms with Gasteiger partial charge in [0.2, 0.25) is 0 Å². The summed E-state index contributed by atoms with van der Waals surface area (Å²) in [5.74, 6) is 1.61. The van der Waals surface area contributed by atoms with Crippen molar-refractivity contribution >= 4 is 11.3 Å². The lowest BCUT2D eigenvalue weighted by Gasteiger charge is -2.23. The number of nitrogens with one attached hydrogen (secondary N) is 1. The topological polar surface area (TPSA) is 37.8 Å². The van der Waals surface area contributed by atoms with Gasteiger partial charge in [-0.1, -0.05) is 0 Å². The van der Waals surface area contributed by atoms with Gasteiger partial charge in [0.25, 0.3) is 0 Å². The fourth-order valence-corrected chi connectivity index (χ4v) is 3.21. The molecule has 0 aliphatic heterocycles. The predicted molar refractivity (Wildman–Crippen MR) is 74.8 cm³/mol. The van der Waals surface area contributed by atoms with Crippen molar-refractivity contribution in [2.75, 3.05) is 13.6 Å². The quantitative estimate of drug-likeness (QED) is 0.920. The van der Waals surface area contributed by atoms with Crippen LogP contribution >= 0.6 is 11.3 Å². The van der Waals surface area contributed by atoms with E-state index >= 15 is 0 Å². The van der Waals surface area contributed by atoms with Crippen LogP contribution in [-0.2, 0) is 12.8 Å². The van der Waals surface area contributed by atoms with Crippen LogP contribution in [0.15, 0.2) is 23.0 Å². The van der Waals surface area contributed by atoms with Crippen LogP contribution < -0.4 is 5.32 Å². The van der Waals surface area contributed by atoms with Crippen molar-refractivity contribution in [3.63, 3.8) is 0 Å². The number of aryl methyl sites for hydroxylation is 1. The van der Waals surface area contributed by atoms with Gasteiger partial charge in [-0.25, -0.2) is 9.97 Å². The molecule has 2 aromatic rings. The smallest absolute Gasteiger partial charge is 0.160 e. The summed E-state index contributed by atoms with van der Waals surface area (Å²) >= 11 is 1.69. The number of thiophene rings is 1. The molecule has 0 bridgehead atoms. The van der Waals surface area contributed by atoms with Crippen LogP contribution in [0.1, 0.15) is 17.7 Å². The van der Waals surface area contributed by atoms with Gasteiger partial charge in [0.15, 0.2) is 5.82 Å². The molecule has 2 aromatic heterocycles. The first-order valence-corrected chi connectivity index (χ1v) is 7.33. The van der Waals surface area contributed by atoms with Gasteiger partial charge in [-0.3, -0.25) is 0 Å². The van der Waals surface area contributed by atoms with Crippen molar-refractivity contribution in [2.24, 2.45) is 5.92 Å². The molecule has 0 radical (unpaired) electrons. The number of aromatic nitrogens is 2. The Hall–Kier alpha value is -1.26. The Morgan fingerprint density at radius 1 is 1.50 bits per heavy atom. The Morgan fingerprint density at radius 2 is 2.44 bits per heavy atom. The minimum absolute atomic E-state index is 0.734. The van der Waals surface area contributed by atoms with E-state index < -0.39 is 0 Å². The van der Waals surface area contributed by atoms with Gasteiger partial charge in [0, 0.05) is 22.8 Å². The number of hydrogen-bond acceptors (Lipinski definition) is 4. The van der Waals surface area contributed by atoms with Gasteiger partial charge in [-0.05, 0) is 55.8 Å². The maximum atomic E-state index is 4.73. The molecule has 0 spiro atoms. The molecule has 1 aliphatic carbocycles. The second kappa shape index (κ2) is 5.16. The highest BCUT2D eigenvalue weighted by Crippen LogP contribution is 2.26. The molecule has 0 saturated heterocycles. The van der Waals surface area contributed by atoms with Gasteiger partial charge in [-0.2, -0.15) is 11.3 Å². The first-order valence-electron chi connectivity index (χ1n) is 6.39. The Bertz CT molecular complexity index is 522. The molecule has 1 N–H and O–H groups in total. The first kappa shape index (κ1) is 11.8. The van der Waals surface area contributed by atoms with Crippen LogP contribution in [0.4, 0.5) is 0 Å². The highest BCUT2D eigenvalue weighted by Gasteiger charge is 2.20. The maximum absolute atomic E-state index is 4.73. The Balaban J connectivity index is 1.85. The molecular weight excluding hydrogens is 242 g/mol. The molecule has 2 heterocycles. The van der Waals surface area contributed by atoms with E-state index in [1.54, 1.807) is 11.3 Å². The molecular formula is C14H17N3S. The van der Waals surface area contributed by atoms with Crippen molar-refractivity contribution in [1.29, 1.82) is 0 Å². The molecule has 4 heteroatoms. The number of fused-ring (bicyclic) bond motifs is 1. The summed E-state index contributed by atoms with van der Waals surface area (Å²) in [6.07, 6.45) is 5.45. The maximum Gasteiger partial charge on any atom is 0.160 e. The summed E-state index contributed by atoms with van der Waals surface area (Å²) in [5, 5.41) is 7.44. The van der Waals surface area contributed by atoms with E-state index in [-0.39, 0.29) is 0 Å². The molecule has 0 fully saturated rings. The molecule has 0 saturated carbocycles. The Morgan fingerprint density at radius 3 is 3.22 bits per heavy atom. The SMILES string of the molecule is CNCC1CCc2nc(-c3ccsc3)ncc2C1. The van der Waals surface area contributed by atoms with Crippen molar-refractivity contribution in [1.82, 2.24) is 15.3 Å². The van der Waals surface area contributed by atoms with Gasteiger partial charge in [0.1, 0.15) is 0 Å². The van der Waals surface area contributed by atoms with Crippen LogP contribution in [0.25, 0.3) is 11.4 Å². The monoisotopic (exact) mass is 259 g/mol. The van der Waals surface area contributed by atoms with E-state index in [1.807, 2.05) is 13.2 Å². The van der Waals surface area contributed by atoms with E-state index in [2.05, 4.69) is 27.1 Å². The third kappa shape index (κ3) is 2.31. The van der Waals surface area contributed by atoms with Crippen LogP contribution in [0.2, 0.25) is 0 Å². The van der Waals surface area contributed by atoms with Crippen molar-refractivity contribution in [2.45, 2.75) is 19.3 Å². The number of rotatable bonds is 3. The summed E-state index contributed by atoms with van der Waals surface area (Å²) in [6, 6.07) is 2.08. The summed E-state index contributed by atoms with van der Waals surface area (Å²) in [5.41, 5.74) is 3.72. The molecule has 18 heavy (non-hydrogen) atoms. The van der Waals surface area contributed by atoms with Gasteiger partial charge >= 0.3 is 0 Å². The molecule has 0 aromatic carbocycles. The second-order valence-corrected chi connectivity index (χ2v) is 5.62. The standard InChI is InChI=1S/C14H17N3S/c1-15-7-10-2-3-13-12(6-10)8-16-14(17-13)11-4-5-18-9-11/h4-5,8-10,15H,2-3,6-7H2,1H3. The number of nitrogens with zero attached hydrogens (tertiary/aromatic N) is 2. The zero-order chi connectivity index (χ0) is 12.4. The average molecular weight is 259 g/mol. The van der Waals surface area contributed by atoms with Gasteiger partial charge in [0.05, 0.1) is 0 Å². The minimum Gasteiger partial charge on any atom is -0.319 e. The van der Waals surface area contributed by atoms with Gasteiger partial charge < -0.3 is 5.32 Å². The number of hydrogen-bond donors (Lipinski definition) is 1. The molecule has 1 atom stereocenters. The summed E-state index contributed by atoms with van der Waals surface area (Å²) in [4.78, 5) is 9.23. The zero-order valence-corrected chi connectivity index (χ0v) is 11.3. The van der Waals surface area contributed by atoms with Crippen molar-refractivity contribution in [3.05, 3.63) is 34.3 Å². The van der Waals surface area contributed by atoms with E-state index in [0.717, 1.165) is 36.7 Å². The van der Waals surface area contributed by atoms with E-state index in [0.29, 0.717) is 0 Å². The van der Waals surface area contributed by atoms with Crippen LogP contribution in [0.5, 0.6) is 0 Å². The van der Waals surface area contributed by atoms with E-state index in [4.69, 9.17) is 4.98 Å². The highest BCUT2D eigenvalue weighted by atomic mass is 32.1. The average Bonchev–Trinajstić information content (AvgIpc) is 2.92. The Labute approximate surface area is 111 Å². The van der Waals surface area contributed by atoms with Crippen molar-refractivity contribution < 1.29 is 0 Å². The molecule has 1 aliphatic rings. The Kier molecular flexibility index (Phi) is 3.39. The lowest BCUT2D eigenvalue weighted by atomic mass is 9.87. The fraction of sp³-hybridized carbons (Fsp3) is 0.429. The van der Waals surface area contributed by atoms with Crippen LogP contribution in [0, 0.1) is 5.92 Å². The molecule has 3 nitrogen and oxygen atoms in total. The zero-order valence-electron chi connectivity index (χ0n) is 10.5. The van der Waals surface area contributed by atoms with Gasteiger partial charge in [-0.15, -0.1) is 0 Å². The van der Waals surface area contributed by atoms with E-state index in [9.17, 15) is 0 Å². The van der Waals surface area contributed by atoms with Crippen LogP contribution in [-0.4, -0.2) is 23.6 Å². The summed E-state index contributed by atoms with van der Waals surface area (Å²) < 4.78 is 0. The minimum atomic E-state index is 0.734. The van der Waals surface area contributed by atoms with Crippen molar-refractivity contribution in [3.8, 4) is 11.4 Å². The third-order valence-corrected chi connectivity index (χ3v) is 4.21.